The van der Waals surface area contributed by atoms with Crippen LogP contribution < -0.4 is 0 Å². The first-order chi connectivity index (χ1) is 10.8. The van der Waals surface area contributed by atoms with Gasteiger partial charge in [0.25, 0.3) is 0 Å². The summed E-state index contributed by atoms with van der Waals surface area (Å²) in [5.74, 6) is 0.882. The Labute approximate surface area is 132 Å². The average Bonchev–Trinajstić information content (AvgIpc) is 3.07. The van der Waals surface area contributed by atoms with Crippen molar-refractivity contribution in [3.63, 3.8) is 0 Å². The fraction of sp³-hybridized carbons (Fsp3) is 0.556. The van der Waals surface area contributed by atoms with Gasteiger partial charge in [-0.05, 0) is 62.9 Å². The molecule has 0 bridgehead atoms. The molecule has 0 aromatic carbocycles. The summed E-state index contributed by atoms with van der Waals surface area (Å²) < 4.78 is 0. The van der Waals surface area contributed by atoms with Crippen molar-refractivity contribution in [1.82, 2.24) is 14.8 Å². The van der Waals surface area contributed by atoms with Crippen molar-refractivity contribution >= 4 is 12.0 Å². The lowest BCUT2D eigenvalue weighted by atomic mass is 9.96. The molecule has 0 N–H and O–H groups in total. The van der Waals surface area contributed by atoms with Crippen LogP contribution in [0.15, 0.2) is 30.5 Å². The normalized spacial score (nSPS) is 20.8. The van der Waals surface area contributed by atoms with E-state index in [1.54, 1.807) is 18.3 Å². The highest BCUT2D eigenvalue weighted by Gasteiger charge is 2.24. The van der Waals surface area contributed by atoms with Crippen LogP contribution in [0.3, 0.4) is 0 Å². The number of likely N-dealkylation sites (tertiary alicyclic amines) is 2. The Kier molecular flexibility index (Phi) is 5.22. The van der Waals surface area contributed by atoms with Crippen molar-refractivity contribution < 1.29 is 4.79 Å². The van der Waals surface area contributed by atoms with E-state index in [0.29, 0.717) is 0 Å². The van der Waals surface area contributed by atoms with Crippen LogP contribution in [0.2, 0.25) is 0 Å². The molecule has 1 aromatic heterocycles. The maximum absolute atomic E-state index is 12.2. The number of rotatable bonds is 4. The minimum Gasteiger partial charge on any atom is -0.339 e. The van der Waals surface area contributed by atoms with Crippen LogP contribution in [-0.4, -0.2) is 53.4 Å². The van der Waals surface area contributed by atoms with Crippen LogP contribution >= 0.6 is 0 Å². The third-order valence-electron chi connectivity index (χ3n) is 4.73. The largest absolute Gasteiger partial charge is 0.339 e. The highest BCUT2D eigenvalue weighted by Crippen LogP contribution is 2.20. The van der Waals surface area contributed by atoms with Gasteiger partial charge in [-0.3, -0.25) is 9.78 Å². The number of hydrogen-bond donors (Lipinski definition) is 0. The first-order valence-electron chi connectivity index (χ1n) is 8.41. The fourth-order valence-electron chi connectivity index (χ4n) is 3.40. The van der Waals surface area contributed by atoms with Gasteiger partial charge in [0, 0.05) is 31.9 Å². The molecule has 3 heterocycles. The zero-order valence-electron chi connectivity index (χ0n) is 13.2. The standard InChI is InChI=1S/C18H25N3O/c22-18(7-6-17-5-1-2-10-19-17)21-13-8-16(9-14-21)15-20-11-3-4-12-20/h1-2,5-7,10,16H,3-4,8-9,11-15H2/b7-6+. The Morgan fingerprint density at radius 2 is 1.95 bits per heavy atom. The molecule has 0 saturated carbocycles. The van der Waals surface area contributed by atoms with Crippen molar-refractivity contribution in [1.29, 1.82) is 0 Å². The van der Waals surface area contributed by atoms with Gasteiger partial charge in [0.1, 0.15) is 0 Å². The summed E-state index contributed by atoms with van der Waals surface area (Å²) in [6.45, 7) is 5.55. The van der Waals surface area contributed by atoms with Crippen molar-refractivity contribution in [2.45, 2.75) is 25.7 Å². The van der Waals surface area contributed by atoms with E-state index >= 15 is 0 Å². The molecule has 118 valence electrons. The number of aromatic nitrogens is 1. The second-order valence-corrected chi connectivity index (χ2v) is 6.36. The Morgan fingerprint density at radius 3 is 2.64 bits per heavy atom. The summed E-state index contributed by atoms with van der Waals surface area (Å²) in [5.41, 5.74) is 0.833. The zero-order chi connectivity index (χ0) is 15.2. The highest BCUT2D eigenvalue weighted by atomic mass is 16.2. The summed E-state index contributed by atoms with van der Waals surface area (Å²) in [6.07, 6.45) is 10.2. The van der Waals surface area contributed by atoms with Gasteiger partial charge in [0.05, 0.1) is 5.69 Å². The molecule has 4 heteroatoms. The van der Waals surface area contributed by atoms with Crippen molar-refractivity contribution in [3.8, 4) is 0 Å². The van der Waals surface area contributed by atoms with Gasteiger partial charge >= 0.3 is 0 Å². The molecule has 2 saturated heterocycles. The first-order valence-corrected chi connectivity index (χ1v) is 8.41. The molecule has 0 spiro atoms. The topological polar surface area (TPSA) is 36.4 Å². The molecule has 1 amide bonds. The van der Waals surface area contributed by atoms with Crippen molar-refractivity contribution in [2.75, 3.05) is 32.7 Å². The Morgan fingerprint density at radius 1 is 1.18 bits per heavy atom. The van der Waals surface area contributed by atoms with Gasteiger partial charge in [-0.25, -0.2) is 0 Å². The molecule has 3 rings (SSSR count). The lowest BCUT2D eigenvalue weighted by molar-refractivity contribution is -0.127. The third-order valence-corrected chi connectivity index (χ3v) is 4.73. The van der Waals surface area contributed by atoms with E-state index in [2.05, 4.69) is 9.88 Å². The Bertz CT molecular complexity index is 500. The van der Waals surface area contributed by atoms with E-state index in [-0.39, 0.29) is 5.91 Å². The number of carbonyl (C=O) groups is 1. The third kappa shape index (κ3) is 4.17. The van der Waals surface area contributed by atoms with E-state index in [1.165, 1.54) is 32.5 Å². The van der Waals surface area contributed by atoms with Gasteiger partial charge in [0.2, 0.25) is 5.91 Å². The summed E-state index contributed by atoms with van der Waals surface area (Å²) >= 11 is 0. The van der Waals surface area contributed by atoms with Crippen molar-refractivity contribution in [3.05, 3.63) is 36.2 Å². The molecule has 0 radical (unpaired) electrons. The average molecular weight is 299 g/mol. The zero-order valence-corrected chi connectivity index (χ0v) is 13.2. The molecule has 1 aromatic rings. The Hall–Kier alpha value is -1.68. The van der Waals surface area contributed by atoms with Crippen LogP contribution in [0.5, 0.6) is 0 Å². The van der Waals surface area contributed by atoms with Gasteiger partial charge < -0.3 is 9.80 Å². The number of hydrogen-bond acceptors (Lipinski definition) is 3. The molecule has 2 fully saturated rings. The van der Waals surface area contributed by atoms with Gasteiger partial charge in [-0.15, -0.1) is 0 Å². The van der Waals surface area contributed by atoms with Crippen LogP contribution in [0.1, 0.15) is 31.4 Å². The van der Waals surface area contributed by atoms with Crippen LogP contribution in [0.25, 0.3) is 6.08 Å². The number of amides is 1. The van der Waals surface area contributed by atoms with E-state index < -0.39 is 0 Å². The van der Waals surface area contributed by atoms with E-state index in [9.17, 15) is 4.79 Å². The molecular weight excluding hydrogens is 274 g/mol. The second kappa shape index (κ2) is 7.54. The van der Waals surface area contributed by atoms with Crippen molar-refractivity contribution in [2.24, 2.45) is 5.92 Å². The lowest BCUT2D eigenvalue weighted by Crippen LogP contribution is -2.40. The predicted octanol–water partition coefficient (Wildman–Crippen LogP) is 2.43. The number of pyridine rings is 1. The van der Waals surface area contributed by atoms with Crippen LogP contribution in [0.4, 0.5) is 0 Å². The quantitative estimate of drug-likeness (QED) is 0.801. The van der Waals surface area contributed by atoms with E-state index in [4.69, 9.17) is 0 Å². The smallest absolute Gasteiger partial charge is 0.246 e. The minimum absolute atomic E-state index is 0.116. The summed E-state index contributed by atoms with van der Waals surface area (Å²) in [5, 5.41) is 0. The molecular formula is C18H25N3O. The first kappa shape index (κ1) is 15.2. The SMILES string of the molecule is O=C(/C=C/c1ccccn1)N1CCC(CN2CCCC2)CC1. The van der Waals surface area contributed by atoms with E-state index in [0.717, 1.165) is 37.5 Å². The number of carbonyl (C=O) groups excluding carboxylic acids is 1. The molecule has 0 atom stereocenters. The predicted molar refractivity (Wildman–Crippen MR) is 88.2 cm³/mol. The molecule has 0 unspecified atom stereocenters. The van der Waals surface area contributed by atoms with Crippen LogP contribution in [0, 0.1) is 5.92 Å². The van der Waals surface area contributed by atoms with Gasteiger partial charge in [-0.1, -0.05) is 6.07 Å². The second-order valence-electron chi connectivity index (χ2n) is 6.36. The monoisotopic (exact) mass is 299 g/mol. The van der Waals surface area contributed by atoms with E-state index in [1.807, 2.05) is 23.1 Å². The molecule has 0 aliphatic carbocycles. The number of piperidine rings is 1. The Balaban J connectivity index is 1.44. The summed E-state index contributed by atoms with van der Waals surface area (Å²) in [4.78, 5) is 21.0. The molecule has 22 heavy (non-hydrogen) atoms. The fourth-order valence-corrected chi connectivity index (χ4v) is 3.40. The maximum Gasteiger partial charge on any atom is 0.246 e. The van der Waals surface area contributed by atoms with Gasteiger partial charge in [-0.2, -0.15) is 0 Å². The number of nitrogens with zero attached hydrogens (tertiary/aromatic N) is 3. The molecule has 2 aliphatic heterocycles. The summed E-state index contributed by atoms with van der Waals surface area (Å²) in [6, 6.07) is 5.72. The maximum atomic E-state index is 12.2. The minimum atomic E-state index is 0.116. The lowest BCUT2D eigenvalue weighted by Gasteiger charge is -2.33. The summed E-state index contributed by atoms with van der Waals surface area (Å²) in [7, 11) is 0. The van der Waals surface area contributed by atoms with Crippen LogP contribution in [-0.2, 0) is 4.79 Å². The molecule has 2 aliphatic rings. The highest BCUT2D eigenvalue weighted by molar-refractivity contribution is 5.91. The van der Waals surface area contributed by atoms with Gasteiger partial charge in [0.15, 0.2) is 0 Å². The molecule has 4 nitrogen and oxygen atoms in total.